The lowest BCUT2D eigenvalue weighted by Gasteiger charge is -2.30. The highest BCUT2D eigenvalue weighted by atomic mass is 16.2. The van der Waals surface area contributed by atoms with E-state index in [0.717, 1.165) is 25.7 Å². The van der Waals surface area contributed by atoms with Gasteiger partial charge in [-0.1, -0.05) is 56.0 Å². The number of carbonyl (C=O) groups is 1. The third-order valence-corrected chi connectivity index (χ3v) is 4.88. The molecule has 0 spiro atoms. The van der Waals surface area contributed by atoms with Gasteiger partial charge >= 0.3 is 0 Å². The highest BCUT2D eigenvalue weighted by Crippen LogP contribution is 2.35. The van der Waals surface area contributed by atoms with Crippen molar-refractivity contribution in [1.82, 2.24) is 10.2 Å². The summed E-state index contributed by atoms with van der Waals surface area (Å²) in [4.78, 5) is 14.9. The van der Waals surface area contributed by atoms with Crippen molar-refractivity contribution < 1.29 is 4.79 Å². The molecular formula is C18H26N2O. The standard InChI is InChI=1S/C18H26N2O/c1-3-6-16-18(21)20(15-7-4-5-8-15)17(19-16)14-11-9-13(2)10-12-14/h9-12,15-17,19H,3-8H2,1-2H3. The first kappa shape index (κ1) is 14.6. The van der Waals surface area contributed by atoms with Crippen LogP contribution in [0.15, 0.2) is 24.3 Å². The summed E-state index contributed by atoms with van der Waals surface area (Å²) in [6.45, 7) is 4.25. The zero-order valence-corrected chi connectivity index (χ0v) is 13.1. The maximum Gasteiger partial charge on any atom is 0.241 e. The fraction of sp³-hybridized carbons (Fsp3) is 0.611. The molecule has 2 atom stereocenters. The summed E-state index contributed by atoms with van der Waals surface area (Å²) in [6.07, 6.45) is 6.88. The second-order valence-corrected chi connectivity index (χ2v) is 6.50. The van der Waals surface area contributed by atoms with Crippen LogP contribution in [0.5, 0.6) is 0 Å². The Morgan fingerprint density at radius 1 is 1.19 bits per heavy atom. The number of benzene rings is 1. The van der Waals surface area contributed by atoms with Crippen LogP contribution >= 0.6 is 0 Å². The van der Waals surface area contributed by atoms with Crippen LogP contribution in [0.4, 0.5) is 0 Å². The van der Waals surface area contributed by atoms with Crippen molar-refractivity contribution in [3.8, 4) is 0 Å². The summed E-state index contributed by atoms with van der Waals surface area (Å²) in [5.41, 5.74) is 2.49. The normalized spacial score (nSPS) is 26.8. The Hall–Kier alpha value is -1.35. The molecule has 3 rings (SSSR count). The minimum absolute atomic E-state index is 0.00176. The van der Waals surface area contributed by atoms with Gasteiger partial charge in [0.1, 0.15) is 6.17 Å². The highest BCUT2D eigenvalue weighted by molar-refractivity contribution is 5.85. The molecule has 2 unspecified atom stereocenters. The molecule has 1 aromatic carbocycles. The van der Waals surface area contributed by atoms with E-state index in [-0.39, 0.29) is 12.2 Å². The number of rotatable bonds is 4. The van der Waals surface area contributed by atoms with Gasteiger partial charge in [0.25, 0.3) is 0 Å². The van der Waals surface area contributed by atoms with Gasteiger partial charge in [0.2, 0.25) is 5.91 Å². The van der Waals surface area contributed by atoms with Crippen molar-refractivity contribution in [2.45, 2.75) is 70.6 Å². The molecule has 1 amide bonds. The zero-order chi connectivity index (χ0) is 14.8. The Morgan fingerprint density at radius 3 is 2.48 bits per heavy atom. The van der Waals surface area contributed by atoms with Gasteiger partial charge in [-0.05, 0) is 31.7 Å². The molecule has 2 aliphatic rings. The van der Waals surface area contributed by atoms with Crippen LogP contribution in [0.25, 0.3) is 0 Å². The molecule has 21 heavy (non-hydrogen) atoms. The number of hydrogen-bond acceptors (Lipinski definition) is 2. The van der Waals surface area contributed by atoms with Gasteiger partial charge in [-0.3, -0.25) is 10.1 Å². The molecule has 0 bridgehead atoms. The summed E-state index contributed by atoms with van der Waals surface area (Å²) >= 11 is 0. The summed E-state index contributed by atoms with van der Waals surface area (Å²) in [7, 11) is 0. The minimum atomic E-state index is 0.00176. The first-order chi connectivity index (χ1) is 10.2. The van der Waals surface area contributed by atoms with E-state index in [1.807, 2.05) is 0 Å². The molecule has 1 saturated carbocycles. The largest absolute Gasteiger partial charge is 0.319 e. The molecule has 3 nitrogen and oxygen atoms in total. The molecule has 114 valence electrons. The average Bonchev–Trinajstić information content (AvgIpc) is 3.09. The van der Waals surface area contributed by atoms with E-state index >= 15 is 0 Å². The SMILES string of the molecule is CCCC1NC(c2ccc(C)cc2)N(C2CCCC2)C1=O. The summed E-state index contributed by atoms with van der Waals surface area (Å²) < 4.78 is 0. The molecule has 1 aliphatic heterocycles. The van der Waals surface area contributed by atoms with Crippen molar-refractivity contribution in [2.24, 2.45) is 0 Å². The monoisotopic (exact) mass is 286 g/mol. The quantitative estimate of drug-likeness (QED) is 0.918. The van der Waals surface area contributed by atoms with Gasteiger partial charge in [0.05, 0.1) is 6.04 Å². The molecule has 2 fully saturated rings. The van der Waals surface area contributed by atoms with Crippen LogP contribution < -0.4 is 5.32 Å². The second-order valence-electron chi connectivity index (χ2n) is 6.50. The number of aryl methyl sites for hydroxylation is 1. The molecule has 1 N–H and O–H groups in total. The van der Waals surface area contributed by atoms with Crippen LogP contribution in [0.2, 0.25) is 0 Å². The molecule has 1 saturated heterocycles. The molecule has 0 radical (unpaired) electrons. The topological polar surface area (TPSA) is 32.3 Å². The lowest BCUT2D eigenvalue weighted by Crippen LogP contribution is -2.38. The Balaban J connectivity index is 1.87. The van der Waals surface area contributed by atoms with Gasteiger partial charge < -0.3 is 4.90 Å². The lowest BCUT2D eigenvalue weighted by molar-refractivity contribution is -0.132. The molecular weight excluding hydrogens is 260 g/mol. The number of nitrogens with one attached hydrogen (secondary N) is 1. The van der Waals surface area contributed by atoms with Crippen molar-refractivity contribution in [3.63, 3.8) is 0 Å². The first-order valence-corrected chi connectivity index (χ1v) is 8.35. The van der Waals surface area contributed by atoms with Crippen LogP contribution in [0, 0.1) is 6.92 Å². The summed E-state index contributed by atoms with van der Waals surface area (Å²) in [5.74, 6) is 0.314. The summed E-state index contributed by atoms with van der Waals surface area (Å²) in [6, 6.07) is 9.04. The van der Waals surface area contributed by atoms with Crippen molar-refractivity contribution in [2.75, 3.05) is 0 Å². The minimum Gasteiger partial charge on any atom is -0.319 e. The number of nitrogens with zero attached hydrogens (tertiary/aromatic N) is 1. The Morgan fingerprint density at radius 2 is 1.86 bits per heavy atom. The van der Waals surface area contributed by atoms with Crippen molar-refractivity contribution in [1.29, 1.82) is 0 Å². The van der Waals surface area contributed by atoms with Gasteiger partial charge in [-0.15, -0.1) is 0 Å². The van der Waals surface area contributed by atoms with E-state index in [1.165, 1.54) is 24.0 Å². The van der Waals surface area contributed by atoms with E-state index in [0.29, 0.717) is 11.9 Å². The summed E-state index contributed by atoms with van der Waals surface area (Å²) in [5, 5.41) is 3.58. The average molecular weight is 286 g/mol. The highest BCUT2D eigenvalue weighted by Gasteiger charge is 2.43. The predicted molar refractivity (Wildman–Crippen MR) is 84.9 cm³/mol. The fourth-order valence-electron chi connectivity index (χ4n) is 3.72. The van der Waals surface area contributed by atoms with E-state index in [1.54, 1.807) is 0 Å². The van der Waals surface area contributed by atoms with Crippen LogP contribution in [0.1, 0.15) is 62.7 Å². The van der Waals surface area contributed by atoms with E-state index in [2.05, 4.69) is 48.3 Å². The van der Waals surface area contributed by atoms with Gasteiger partial charge in [0.15, 0.2) is 0 Å². The Kier molecular flexibility index (Phi) is 4.29. The zero-order valence-electron chi connectivity index (χ0n) is 13.1. The van der Waals surface area contributed by atoms with Crippen molar-refractivity contribution in [3.05, 3.63) is 35.4 Å². The fourth-order valence-corrected chi connectivity index (χ4v) is 3.72. The van der Waals surface area contributed by atoms with Crippen molar-refractivity contribution >= 4 is 5.91 Å². The van der Waals surface area contributed by atoms with Crippen LogP contribution in [0.3, 0.4) is 0 Å². The maximum absolute atomic E-state index is 12.8. The maximum atomic E-state index is 12.8. The van der Waals surface area contributed by atoms with E-state index < -0.39 is 0 Å². The lowest BCUT2D eigenvalue weighted by atomic mass is 10.1. The molecule has 3 heteroatoms. The van der Waals surface area contributed by atoms with Crippen LogP contribution in [-0.2, 0) is 4.79 Å². The van der Waals surface area contributed by atoms with Crippen LogP contribution in [-0.4, -0.2) is 22.9 Å². The van der Waals surface area contributed by atoms with Gasteiger partial charge in [0, 0.05) is 6.04 Å². The Bertz CT molecular complexity index is 490. The van der Waals surface area contributed by atoms with Gasteiger partial charge in [-0.25, -0.2) is 0 Å². The second kappa shape index (κ2) is 6.18. The first-order valence-electron chi connectivity index (χ1n) is 8.35. The third kappa shape index (κ3) is 2.84. The van der Waals surface area contributed by atoms with Gasteiger partial charge in [-0.2, -0.15) is 0 Å². The Labute approximate surface area is 127 Å². The molecule has 1 aliphatic carbocycles. The molecule has 0 aromatic heterocycles. The van der Waals surface area contributed by atoms with E-state index in [4.69, 9.17) is 0 Å². The molecule has 1 heterocycles. The number of hydrogen-bond donors (Lipinski definition) is 1. The smallest absolute Gasteiger partial charge is 0.241 e. The van der Waals surface area contributed by atoms with E-state index in [9.17, 15) is 4.79 Å². The number of carbonyl (C=O) groups excluding carboxylic acids is 1. The number of amides is 1. The molecule has 1 aromatic rings. The third-order valence-electron chi connectivity index (χ3n) is 4.88. The predicted octanol–water partition coefficient (Wildman–Crippen LogP) is 3.54.